The first kappa shape index (κ1) is 16.7. The number of hydrogen-bond acceptors (Lipinski definition) is 1. The quantitative estimate of drug-likeness (QED) is 0.516. The minimum absolute atomic E-state index is 0.825. The fourth-order valence-electron chi connectivity index (χ4n) is 1.57. The van der Waals surface area contributed by atoms with Crippen LogP contribution >= 0.6 is 0 Å². The molecule has 0 bridgehead atoms. The second-order valence-electron chi connectivity index (χ2n) is 5.20. The van der Waals surface area contributed by atoms with Crippen LogP contribution in [0.4, 0.5) is 0 Å². The van der Waals surface area contributed by atoms with Crippen molar-refractivity contribution in [2.24, 2.45) is 0 Å². The highest BCUT2D eigenvalue weighted by Gasteiger charge is 1.96. The Morgan fingerprint density at radius 3 is 2.06 bits per heavy atom. The van der Waals surface area contributed by atoms with E-state index in [2.05, 4.69) is 33.8 Å². The maximum Gasteiger partial charge on any atom is 0.328 e. The lowest BCUT2D eigenvalue weighted by atomic mass is 10.0. The van der Waals surface area contributed by atoms with Crippen LogP contribution < -0.4 is 0 Å². The van der Waals surface area contributed by atoms with Gasteiger partial charge in [0.1, 0.15) is 0 Å². The van der Waals surface area contributed by atoms with Crippen molar-refractivity contribution in [3.63, 3.8) is 0 Å². The summed E-state index contributed by atoms with van der Waals surface area (Å²) in [6.45, 7) is 10.5. The summed E-state index contributed by atoms with van der Waals surface area (Å²) in [5.41, 5.74) is 5.18. The molecule has 0 aromatic heterocycles. The van der Waals surface area contributed by atoms with Crippen LogP contribution in [-0.2, 0) is 4.79 Å². The second-order valence-corrected chi connectivity index (χ2v) is 5.20. The van der Waals surface area contributed by atoms with Gasteiger partial charge >= 0.3 is 5.97 Å². The highest BCUT2D eigenvalue weighted by molar-refractivity contribution is 5.80. The lowest BCUT2D eigenvalue weighted by Gasteiger charge is -2.05. The molecule has 0 aromatic rings. The molecule has 0 heterocycles. The molecular weight excluding hydrogens is 224 g/mol. The molecule has 0 fully saturated rings. The van der Waals surface area contributed by atoms with E-state index in [4.69, 9.17) is 5.11 Å². The van der Waals surface area contributed by atoms with E-state index in [1.807, 2.05) is 6.92 Å². The first-order chi connectivity index (χ1) is 8.32. The van der Waals surface area contributed by atoms with E-state index >= 15 is 0 Å². The number of carboxylic acids is 1. The summed E-state index contributed by atoms with van der Waals surface area (Å²) >= 11 is 0. The SMILES string of the molecule is CC(=CC(=O)O)CCC=C(C)CCC(C)=C(C)C. The number of hydrogen-bond donors (Lipinski definition) is 1. The van der Waals surface area contributed by atoms with Gasteiger partial charge < -0.3 is 5.11 Å². The second kappa shape index (κ2) is 8.73. The van der Waals surface area contributed by atoms with Crippen LogP contribution in [0.5, 0.6) is 0 Å². The molecular formula is C16H26O2. The summed E-state index contributed by atoms with van der Waals surface area (Å²) in [6.07, 6.45) is 7.47. The minimum atomic E-state index is -0.854. The summed E-state index contributed by atoms with van der Waals surface area (Å²) < 4.78 is 0. The van der Waals surface area contributed by atoms with Crippen LogP contribution in [0.2, 0.25) is 0 Å². The third kappa shape index (κ3) is 8.80. The first-order valence-corrected chi connectivity index (χ1v) is 6.51. The van der Waals surface area contributed by atoms with Gasteiger partial charge in [-0.15, -0.1) is 0 Å². The summed E-state index contributed by atoms with van der Waals surface area (Å²) in [5.74, 6) is -0.854. The maximum absolute atomic E-state index is 10.5. The Bertz CT molecular complexity index is 367. The number of carboxylic acid groups (broad SMARTS) is 1. The highest BCUT2D eigenvalue weighted by Crippen LogP contribution is 2.15. The molecule has 0 aromatic carbocycles. The van der Waals surface area contributed by atoms with Gasteiger partial charge in [-0.1, -0.05) is 28.4 Å². The van der Waals surface area contributed by atoms with Crippen molar-refractivity contribution < 1.29 is 9.90 Å². The Balaban J connectivity index is 4.07. The van der Waals surface area contributed by atoms with E-state index in [0.717, 1.165) is 31.3 Å². The Labute approximate surface area is 111 Å². The van der Waals surface area contributed by atoms with Gasteiger partial charge in [-0.2, -0.15) is 0 Å². The van der Waals surface area contributed by atoms with E-state index in [1.54, 1.807) is 0 Å². The lowest BCUT2D eigenvalue weighted by Crippen LogP contribution is -1.90. The van der Waals surface area contributed by atoms with Gasteiger partial charge in [0.15, 0.2) is 0 Å². The number of rotatable bonds is 7. The van der Waals surface area contributed by atoms with Gasteiger partial charge in [-0.3, -0.25) is 0 Å². The molecule has 102 valence electrons. The Kier molecular flexibility index (Phi) is 8.10. The van der Waals surface area contributed by atoms with E-state index in [0.29, 0.717) is 0 Å². The average Bonchev–Trinajstić information content (AvgIpc) is 2.24. The maximum atomic E-state index is 10.5. The van der Waals surface area contributed by atoms with E-state index in [1.165, 1.54) is 22.8 Å². The van der Waals surface area contributed by atoms with Crippen molar-refractivity contribution >= 4 is 5.97 Å². The van der Waals surface area contributed by atoms with Gasteiger partial charge in [-0.25, -0.2) is 4.79 Å². The molecule has 0 atom stereocenters. The largest absolute Gasteiger partial charge is 0.478 e. The number of aliphatic carboxylic acids is 1. The smallest absolute Gasteiger partial charge is 0.328 e. The molecule has 0 saturated heterocycles. The van der Waals surface area contributed by atoms with Crippen LogP contribution in [0.15, 0.2) is 34.4 Å². The molecule has 0 amide bonds. The molecule has 0 spiro atoms. The number of allylic oxidation sites excluding steroid dienone is 5. The van der Waals surface area contributed by atoms with Crippen LogP contribution in [-0.4, -0.2) is 11.1 Å². The van der Waals surface area contributed by atoms with Gasteiger partial charge in [0.05, 0.1) is 0 Å². The van der Waals surface area contributed by atoms with Crippen molar-refractivity contribution in [3.05, 3.63) is 34.4 Å². The molecule has 0 radical (unpaired) electrons. The van der Waals surface area contributed by atoms with Crippen molar-refractivity contribution in [1.29, 1.82) is 0 Å². The third-order valence-electron chi connectivity index (χ3n) is 3.15. The molecule has 0 unspecified atom stereocenters. The fraction of sp³-hybridized carbons (Fsp3) is 0.562. The summed E-state index contributed by atoms with van der Waals surface area (Å²) in [7, 11) is 0. The standard InChI is InChI=1S/C16H26O2/c1-12(2)15(5)10-9-13(3)7-6-8-14(4)11-16(17)18/h7,11H,6,8-10H2,1-5H3,(H,17,18). The Hall–Kier alpha value is -1.31. The molecule has 0 rings (SSSR count). The molecule has 1 N–H and O–H groups in total. The van der Waals surface area contributed by atoms with Crippen LogP contribution in [0.25, 0.3) is 0 Å². The molecule has 0 aliphatic heterocycles. The zero-order valence-electron chi connectivity index (χ0n) is 12.3. The lowest BCUT2D eigenvalue weighted by molar-refractivity contribution is -0.131. The monoisotopic (exact) mass is 250 g/mol. The van der Waals surface area contributed by atoms with Crippen molar-refractivity contribution in [2.45, 2.75) is 60.3 Å². The number of carbonyl (C=O) groups is 1. The first-order valence-electron chi connectivity index (χ1n) is 6.51. The molecule has 0 aliphatic carbocycles. The molecule has 2 heteroatoms. The predicted molar refractivity (Wildman–Crippen MR) is 77.7 cm³/mol. The predicted octanol–water partition coefficient (Wildman–Crippen LogP) is 4.88. The Morgan fingerprint density at radius 1 is 0.944 bits per heavy atom. The molecule has 0 aliphatic rings. The van der Waals surface area contributed by atoms with Gasteiger partial charge in [0.25, 0.3) is 0 Å². The summed E-state index contributed by atoms with van der Waals surface area (Å²) in [6, 6.07) is 0. The fourth-order valence-corrected chi connectivity index (χ4v) is 1.57. The zero-order valence-corrected chi connectivity index (χ0v) is 12.3. The highest BCUT2D eigenvalue weighted by atomic mass is 16.4. The van der Waals surface area contributed by atoms with E-state index in [9.17, 15) is 4.79 Å². The molecule has 18 heavy (non-hydrogen) atoms. The van der Waals surface area contributed by atoms with Crippen molar-refractivity contribution in [1.82, 2.24) is 0 Å². The molecule has 2 nitrogen and oxygen atoms in total. The average molecular weight is 250 g/mol. The third-order valence-corrected chi connectivity index (χ3v) is 3.15. The van der Waals surface area contributed by atoms with Crippen molar-refractivity contribution in [2.75, 3.05) is 0 Å². The van der Waals surface area contributed by atoms with Gasteiger partial charge in [0.2, 0.25) is 0 Å². The van der Waals surface area contributed by atoms with E-state index < -0.39 is 5.97 Å². The molecule has 0 saturated carbocycles. The van der Waals surface area contributed by atoms with Crippen LogP contribution in [0.1, 0.15) is 60.3 Å². The normalized spacial score (nSPS) is 12.5. The topological polar surface area (TPSA) is 37.3 Å². The van der Waals surface area contributed by atoms with Gasteiger partial charge in [0, 0.05) is 6.08 Å². The minimum Gasteiger partial charge on any atom is -0.478 e. The summed E-state index contributed by atoms with van der Waals surface area (Å²) in [4.78, 5) is 10.5. The van der Waals surface area contributed by atoms with E-state index in [-0.39, 0.29) is 0 Å². The van der Waals surface area contributed by atoms with Crippen molar-refractivity contribution in [3.8, 4) is 0 Å². The Morgan fingerprint density at radius 2 is 1.56 bits per heavy atom. The van der Waals surface area contributed by atoms with Crippen LogP contribution in [0.3, 0.4) is 0 Å². The zero-order chi connectivity index (χ0) is 14.1. The van der Waals surface area contributed by atoms with Crippen LogP contribution in [0, 0.1) is 0 Å². The summed E-state index contributed by atoms with van der Waals surface area (Å²) in [5, 5.41) is 8.59. The van der Waals surface area contributed by atoms with Gasteiger partial charge in [-0.05, 0) is 60.3 Å².